The van der Waals surface area contributed by atoms with Crippen LogP contribution < -0.4 is 0 Å². The maximum atomic E-state index is 10.7. The van der Waals surface area contributed by atoms with Gasteiger partial charge >= 0.3 is 5.97 Å². The van der Waals surface area contributed by atoms with Crippen LogP contribution in [0.2, 0.25) is 5.02 Å². The van der Waals surface area contributed by atoms with Gasteiger partial charge in [0, 0.05) is 28.3 Å². The molecule has 0 unspecified atom stereocenters. The highest BCUT2D eigenvalue weighted by atomic mass is 35.5. The third-order valence-corrected chi connectivity index (χ3v) is 3.03. The van der Waals surface area contributed by atoms with Crippen molar-refractivity contribution in [2.45, 2.75) is 19.8 Å². The van der Waals surface area contributed by atoms with Gasteiger partial charge in [-0.05, 0) is 25.5 Å². The Morgan fingerprint density at radius 2 is 2.06 bits per heavy atom. The number of carbonyl (C=O) groups is 1. The lowest BCUT2D eigenvalue weighted by Gasteiger charge is -2.02. The minimum Gasteiger partial charge on any atom is -0.481 e. The van der Waals surface area contributed by atoms with Crippen molar-refractivity contribution in [2.75, 3.05) is 0 Å². The Kier molecular flexibility index (Phi) is 3.67. The molecule has 0 radical (unpaired) electrons. The van der Waals surface area contributed by atoms with Gasteiger partial charge in [-0.3, -0.25) is 9.89 Å². The fourth-order valence-corrected chi connectivity index (χ4v) is 1.96. The summed E-state index contributed by atoms with van der Waals surface area (Å²) in [6, 6.07) is 7.34. The van der Waals surface area contributed by atoms with E-state index in [-0.39, 0.29) is 6.42 Å². The number of H-pyrrole nitrogens is 1. The Morgan fingerprint density at radius 3 is 2.67 bits per heavy atom. The van der Waals surface area contributed by atoms with Gasteiger partial charge in [0.05, 0.1) is 5.69 Å². The Bertz CT molecular complexity index is 561. The standard InChI is InChI=1S/C13H13ClN2O2/c1-8-11(6-7-12(17)18)13(16-15-8)9-2-4-10(14)5-3-9/h2-5H,6-7H2,1H3,(H,15,16)(H,17,18). The number of aromatic amines is 1. The minimum absolute atomic E-state index is 0.0982. The molecule has 0 amide bonds. The number of aliphatic carboxylic acids is 1. The first-order chi connectivity index (χ1) is 8.58. The number of halogens is 1. The fraction of sp³-hybridized carbons (Fsp3) is 0.231. The lowest BCUT2D eigenvalue weighted by Crippen LogP contribution is -1.99. The van der Waals surface area contributed by atoms with Crippen molar-refractivity contribution in [3.63, 3.8) is 0 Å². The van der Waals surface area contributed by atoms with Crippen LogP contribution in [0.25, 0.3) is 11.3 Å². The molecular formula is C13H13ClN2O2. The molecule has 0 aliphatic heterocycles. The summed E-state index contributed by atoms with van der Waals surface area (Å²) >= 11 is 5.84. The van der Waals surface area contributed by atoms with Gasteiger partial charge in [0.15, 0.2) is 0 Å². The SMILES string of the molecule is Cc1[nH]nc(-c2ccc(Cl)cc2)c1CCC(=O)O. The van der Waals surface area contributed by atoms with E-state index in [9.17, 15) is 4.79 Å². The summed E-state index contributed by atoms with van der Waals surface area (Å²) in [4.78, 5) is 10.7. The molecule has 4 nitrogen and oxygen atoms in total. The van der Waals surface area contributed by atoms with Crippen LogP contribution in [0.3, 0.4) is 0 Å². The van der Waals surface area contributed by atoms with Gasteiger partial charge in [-0.25, -0.2) is 0 Å². The molecule has 0 aliphatic carbocycles. The molecule has 0 aliphatic rings. The van der Waals surface area contributed by atoms with E-state index < -0.39 is 5.97 Å². The van der Waals surface area contributed by atoms with Crippen molar-refractivity contribution < 1.29 is 9.90 Å². The Morgan fingerprint density at radius 1 is 1.39 bits per heavy atom. The van der Waals surface area contributed by atoms with Gasteiger partial charge < -0.3 is 5.11 Å². The van der Waals surface area contributed by atoms with Gasteiger partial charge in [-0.2, -0.15) is 5.10 Å². The summed E-state index contributed by atoms with van der Waals surface area (Å²) in [5.41, 5.74) is 3.58. The Balaban J connectivity index is 2.33. The van der Waals surface area contributed by atoms with E-state index >= 15 is 0 Å². The van der Waals surface area contributed by atoms with Crippen molar-refractivity contribution in [3.8, 4) is 11.3 Å². The predicted molar refractivity (Wildman–Crippen MR) is 69.7 cm³/mol. The molecule has 1 heterocycles. The van der Waals surface area contributed by atoms with Crippen molar-refractivity contribution in [1.82, 2.24) is 10.2 Å². The lowest BCUT2D eigenvalue weighted by molar-refractivity contribution is -0.136. The highest BCUT2D eigenvalue weighted by Gasteiger charge is 2.13. The molecule has 0 saturated heterocycles. The van der Waals surface area contributed by atoms with E-state index in [0.29, 0.717) is 11.4 Å². The normalized spacial score (nSPS) is 10.6. The first kappa shape index (κ1) is 12.6. The van der Waals surface area contributed by atoms with E-state index in [0.717, 1.165) is 22.5 Å². The number of hydrogen-bond donors (Lipinski definition) is 2. The topological polar surface area (TPSA) is 66.0 Å². The van der Waals surface area contributed by atoms with Gasteiger partial charge in [-0.1, -0.05) is 23.7 Å². The first-order valence-corrected chi connectivity index (χ1v) is 5.97. The second kappa shape index (κ2) is 5.23. The molecule has 1 aromatic carbocycles. The van der Waals surface area contributed by atoms with Crippen molar-refractivity contribution in [3.05, 3.63) is 40.5 Å². The maximum Gasteiger partial charge on any atom is 0.303 e. The van der Waals surface area contributed by atoms with Crippen LogP contribution in [0.5, 0.6) is 0 Å². The van der Waals surface area contributed by atoms with Crippen LogP contribution >= 0.6 is 11.6 Å². The number of carboxylic acids is 1. The Hall–Kier alpha value is -1.81. The molecule has 1 aromatic heterocycles. The average molecular weight is 265 g/mol. The van der Waals surface area contributed by atoms with Crippen LogP contribution in [0.4, 0.5) is 0 Å². The smallest absolute Gasteiger partial charge is 0.303 e. The second-order valence-corrected chi connectivity index (χ2v) is 4.51. The first-order valence-electron chi connectivity index (χ1n) is 5.59. The van der Waals surface area contributed by atoms with E-state index in [2.05, 4.69) is 10.2 Å². The largest absolute Gasteiger partial charge is 0.481 e. The number of carboxylic acid groups (broad SMARTS) is 1. The van der Waals surface area contributed by atoms with Crippen LogP contribution in [0.15, 0.2) is 24.3 Å². The molecule has 0 saturated carbocycles. The predicted octanol–water partition coefficient (Wildman–Crippen LogP) is 3.06. The number of hydrogen-bond acceptors (Lipinski definition) is 2. The highest BCUT2D eigenvalue weighted by molar-refractivity contribution is 6.30. The van der Waals surface area contributed by atoms with Crippen LogP contribution in [0, 0.1) is 6.92 Å². The summed E-state index contributed by atoms with van der Waals surface area (Å²) in [7, 11) is 0. The molecule has 2 N–H and O–H groups in total. The van der Waals surface area contributed by atoms with Crippen LogP contribution in [-0.2, 0) is 11.2 Å². The number of rotatable bonds is 4. The third-order valence-electron chi connectivity index (χ3n) is 2.78. The van der Waals surface area contributed by atoms with Gasteiger partial charge in [0.1, 0.15) is 0 Å². The van der Waals surface area contributed by atoms with Gasteiger partial charge in [0.25, 0.3) is 0 Å². The van der Waals surface area contributed by atoms with Crippen molar-refractivity contribution in [2.24, 2.45) is 0 Å². The van der Waals surface area contributed by atoms with Crippen molar-refractivity contribution >= 4 is 17.6 Å². The minimum atomic E-state index is -0.808. The molecule has 18 heavy (non-hydrogen) atoms. The highest BCUT2D eigenvalue weighted by Crippen LogP contribution is 2.25. The Labute approximate surface area is 110 Å². The second-order valence-electron chi connectivity index (χ2n) is 4.08. The summed E-state index contributed by atoms with van der Waals surface area (Å²) < 4.78 is 0. The number of nitrogens with zero attached hydrogens (tertiary/aromatic N) is 1. The molecule has 94 valence electrons. The lowest BCUT2D eigenvalue weighted by atomic mass is 10.0. The van der Waals surface area contributed by atoms with E-state index in [1.807, 2.05) is 19.1 Å². The summed E-state index contributed by atoms with van der Waals surface area (Å²) in [5, 5.41) is 16.5. The molecule has 5 heteroatoms. The van der Waals surface area contributed by atoms with E-state index in [1.54, 1.807) is 12.1 Å². The van der Waals surface area contributed by atoms with Crippen LogP contribution in [-0.4, -0.2) is 21.3 Å². The number of nitrogens with one attached hydrogen (secondary N) is 1. The molecule has 0 atom stereocenters. The van der Waals surface area contributed by atoms with E-state index in [4.69, 9.17) is 16.7 Å². The van der Waals surface area contributed by atoms with Gasteiger partial charge in [0.2, 0.25) is 0 Å². The molecule has 0 spiro atoms. The quantitative estimate of drug-likeness (QED) is 0.892. The van der Waals surface area contributed by atoms with Gasteiger partial charge in [-0.15, -0.1) is 0 Å². The summed E-state index contributed by atoms with van der Waals surface area (Å²) in [6.07, 6.45) is 0.566. The maximum absolute atomic E-state index is 10.7. The molecule has 2 rings (SSSR count). The third kappa shape index (κ3) is 2.71. The zero-order valence-corrected chi connectivity index (χ0v) is 10.7. The molecule has 2 aromatic rings. The summed E-state index contributed by atoms with van der Waals surface area (Å²) in [6.45, 7) is 1.89. The number of aromatic nitrogens is 2. The van der Waals surface area contributed by atoms with Crippen LogP contribution in [0.1, 0.15) is 17.7 Å². The summed E-state index contributed by atoms with van der Waals surface area (Å²) in [5.74, 6) is -0.808. The zero-order chi connectivity index (χ0) is 13.1. The molecule has 0 fully saturated rings. The zero-order valence-electron chi connectivity index (χ0n) is 9.90. The molecule has 0 bridgehead atoms. The number of aryl methyl sites for hydroxylation is 1. The monoisotopic (exact) mass is 264 g/mol. The number of benzene rings is 1. The average Bonchev–Trinajstić information content (AvgIpc) is 2.69. The van der Waals surface area contributed by atoms with Crippen molar-refractivity contribution in [1.29, 1.82) is 0 Å². The fourth-order valence-electron chi connectivity index (χ4n) is 1.84. The molecular weight excluding hydrogens is 252 g/mol. The van der Waals surface area contributed by atoms with E-state index in [1.165, 1.54) is 0 Å².